The second-order valence-corrected chi connectivity index (χ2v) is 6.32. The van der Waals surface area contributed by atoms with Crippen LogP contribution in [0, 0.1) is 5.92 Å². The Balaban J connectivity index is 2.17. The summed E-state index contributed by atoms with van der Waals surface area (Å²) < 4.78 is 5.23. The van der Waals surface area contributed by atoms with E-state index in [1.807, 2.05) is 12.1 Å². The van der Waals surface area contributed by atoms with Crippen molar-refractivity contribution in [1.82, 2.24) is 9.88 Å². The summed E-state index contributed by atoms with van der Waals surface area (Å²) in [6.45, 7) is 7.15. The van der Waals surface area contributed by atoms with Gasteiger partial charge in [0.25, 0.3) is 0 Å². The molecule has 21 heavy (non-hydrogen) atoms. The minimum Gasteiger partial charge on any atom is -0.481 e. The van der Waals surface area contributed by atoms with E-state index in [-0.39, 0.29) is 5.54 Å². The van der Waals surface area contributed by atoms with Gasteiger partial charge in [0.1, 0.15) is 0 Å². The Morgan fingerprint density at radius 3 is 2.90 bits per heavy atom. The van der Waals surface area contributed by atoms with E-state index in [2.05, 4.69) is 29.8 Å². The van der Waals surface area contributed by atoms with Crippen molar-refractivity contribution < 1.29 is 4.74 Å². The molecule has 118 valence electrons. The molecule has 4 heteroatoms. The largest absolute Gasteiger partial charge is 0.481 e. The summed E-state index contributed by atoms with van der Waals surface area (Å²) in [5.74, 6) is 1.44. The van der Waals surface area contributed by atoms with Crippen LogP contribution in [0.25, 0.3) is 0 Å². The number of hydrogen-bond donors (Lipinski definition) is 1. The molecule has 1 aliphatic carbocycles. The van der Waals surface area contributed by atoms with E-state index >= 15 is 0 Å². The number of pyridine rings is 1. The van der Waals surface area contributed by atoms with E-state index < -0.39 is 0 Å². The Morgan fingerprint density at radius 2 is 2.29 bits per heavy atom. The van der Waals surface area contributed by atoms with Crippen molar-refractivity contribution in [2.45, 2.75) is 51.6 Å². The average molecular weight is 291 g/mol. The molecule has 2 rings (SSSR count). The van der Waals surface area contributed by atoms with Crippen molar-refractivity contribution in [2.75, 3.05) is 20.2 Å². The number of methoxy groups -OCH3 is 1. The minimum absolute atomic E-state index is 0.136. The summed E-state index contributed by atoms with van der Waals surface area (Å²) in [6, 6.07) is 5.97. The number of nitrogens with two attached hydrogens (primary N) is 1. The predicted octanol–water partition coefficient (Wildman–Crippen LogP) is 2.82. The lowest BCUT2D eigenvalue weighted by Gasteiger charge is -2.47. The smallest absolute Gasteiger partial charge is 0.213 e. The minimum atomic E-state index is 0.136. The Bertz CT molecular complexity index is 451. The number of ether oxygens (including phenoxy) is 1. The van der Waals surface area contributed by atoms with E-state index in [9.17, 15) is 0 Å². The topological polar surface area (TPSA) is 51.4 Å². The third-order valence-electron chi connectivity index (χ3n) is 4.84. The first kappa shape index (κ1) is 16.2. The second kappa shape index (κ2) is 7.23. The van der Waals surface area contributed by atoms with Gasteiger partial charge in [0, 0.05) is 24.7 Å². The molecular weight excluding hydrogens is 262 g/mol. The van der Waals surface area contributed by atoms with Crippen LogP contribution in [0.3, 0.4) is 0 Å². The number of aromatic nitrogens is 1. The molecule has 0 aromatic carbocycles. The van der Waals surface area contributed by atoms with E-state index in [1.165, 1.54) is 25.7 Å². The lowest BCUT2D eigenvalue weighted by Crippen LogP contribution is -2.55. The fraction of sp³-hybridized carbons (Fsp3) is 0.706. The van der Waals surface area contributed by atoms with Gasteiger partial charge in [0.2, 0.25) is 5.88 Å². The average Bonchev–Trinajstić information content (AvgIpc) is 2.52. The van der Waals surface area contributed by atoms with Crippen LogP contribution in [0.15, 0.2) is 18.2 Å². The van der Waals surface area contributed by atoms with Gasteiger partial charge in [-0.05, 0) is 31.4 Å². The third-order valence-corrected chi connectivity index (χ3v) is 4.84. The molecule has 0 saturated heterocycles. The first-order valence-electron chi connectivity index (χ1n) is 8.08. The summed E-state index contributed by atoms with van der Waals surface area (Å²) >= 11 is 0. The van der Waals surface area contributed by atoms with E-state index in [1.54, 1.807) is 7.11 Å². The van der Waals surface area contributed by atoms with Crippen molar-refractivity contribution >= 4 is 0 Å². The van der Waals surface area contributed by atoms with E-state index in [0.29, 0.717) is 5.88 Å². The highest BCUT2D eigenvalue weighted by Crippen LogP contribution is 2.36. The standard InChI is InChI=1S/C17H29N3O/c1-4-20(12-15-8-5-9-16(19-15)21-3)17(13-18)10-6-7-14(2)11-17/h5,8-9,14H,4,6-7,10-13,18H2,1-3H3. The fourth-order valence-corrected chi connectivity index (χ4v) is 3.70. The zero-order chi connectivity index (χ0) is 15.3. The quantitative estimate of drug-likeness (QED) is 0.875. The molecule has 1 aromatic rings. The Labute approximate surface area is 128 Å². The summed E-state index contributed by atoms with van der Waals surface area (Å²) in [5, 5.41) is 0. The molecule has 1 fully saturated rings. The van der Waals surface area contributed by atoms with Crippen LogP contribution in [0.5, 0.6) is 5.88 Å². The van der Waals surface area contributed by atoms with Crippen LogP contribution in [0.4, 0.5) is 0 Å². The van der Waals surface area contributed by atoms with E-state index in [0.717, 1.165) is 31.2 Å². The molecule has 1 aliphatic rings. The van der Waals surface area contributed by atoms with Crippen LogP contribution in [-0.4, -0.2) is 35.6 Å². The van der Waals surface area contributed by atoms with Crippen molar-refractivity contribution in [1.29, 1.82) is 0 Å². The van der Waals surface area contributed by atoms with Crippen LogP contribution >= 0.6 is 0 Å². The van der Waals surface area contributed by atoms with E-state index in [4.69, 9.17) is 10.5 Å². The van der Waals surface area contributed by atoms with Crippen LogP contribution < -0.4 is 10.5 Å². The molecule has 1 aromatic heterocycles. The first-order valence-corrected chi connectivity index (χ1v) is 8.08. The molecule has 1 heterocycles. The van der Waals surface area contributed by atoms with Gasteiger partial charge in [-0.3, -0.25) is 4.90 Å². The molecule has 0 spiro atoms. The molecule has 2 unspecified atom stereocenters. The van der Waals surface area contributed by atoms with Gasteiger partial charge in [-0.25, -0.2) is 4.98 Å². The highest BCUT2D eigenvalue weighted by molar-refractivity contribution is 5.16. The zero-order valence-electron chi connectivity index (χ0n) is 13.6. The molecule has 0 aliphatic heterocycles. The molecule has 4 nitrogen and oxygen atoms in total. The lowest BCUT2D eigenvalue weighted by molar-refractivity contribution is 0.0356. The van der Waals surface area contributed by atoms with Crippen LogP contribution in [0.1, 0.15) is 45.2 Å². The van der Waals surface area contributed by atoms with Gasteiger partial charge in [0.05, 0.1) is 12.8 Å². The Morgan fingerprint density at radius 1 is 1.48 bits per heavy atom. The van der Waals surface area contributed by atoms with Crippen molar-refractivity contribution in [2.24, 2.45) is 11.7 Å². The summed E-state index contributed by atoms with van der Waals surface area (Å²) in [7, 11) is 1.66. The van der Waals surface area contributed by atoms with Crippen molar-refractivity contribution in [3.8, 4) is 5.88 Å². The maximum absolute atomic E-state index is 6.20. The summed E-state index contributed by atoms with van der Waals surface area (Å²) in [4.78, 5) is 7.07. The van der Waals surface area contributed by atoms with Crippen molar-refractivity contribution in [3.63, 3.8) is 0 Å². The monoisotopic (exact) mass is 291 g/mol. The normalized spacial score (nSPS) is 26.0. The van der Waals surface area contributed by atoms with Gasteiger partial charge >= 0.3 is 0 Å². The zero-order valence-corrected chi connectivity index (χ0v) is 13.6. The maximum Gasteiger partial charge on any atom is 0.213 e. The summed E-state index contributed by atoms with van der Waals surface area (Å²) in [6.07, 6.45) is 5.00. The molecule has 1 saturated carbocycles. The molecule has 0 bridgehead atoms. The predicted molar refractivity (Wildman–Crippen MR) is 86.3 cm³/mol. The third kappa shape index (κ3) is 3.74. The Kier molecular flexibility index (Phi) is 5.59. The first-order chi connectivity index (χ1) is 10.1. The number of likely N-dealkylation sites (N-methyl/N-ethyl adjacent to an activating group) is 1. The SMILES string of the molecule is CCN(Cc1cccc(OC)n1)C1(CN)CCCC(C)C1. The molecular formula is C17H29N3O. The summed E-state index contributed by atoms with van der Waals surface area (Å²) in [5.41, 5.74) is 7.39. The second-order valence-electron chi connectivity index (χ2n) is 6.32. The maximum atomic E-state index is 6.20. The van der Waals surface area contributed by atoms with Gasteiger partial charge in [-0.1, -0.05) is 32.8 Å². The van der Waals surface area contributed by atoms with Gasteiger partial charge < -0.3 is 10.5 Å². The fourth-order valence-electron chi connectivity index (χ4n) is 3.70. The highest BCUT2D eigenvalue weighted by atomic mass is 16.5. The van der Waals surface area contributed by atoms with Crippen molar-refractivity contribution in [3.05, 3.63) is 23.9 Å². The number of nitrogens with zero attached hydrogens (tertiary/aromatic N) is 2. The lowest BCUT2D eigenvalue weighted by atomic mass is 9.75. The molecule has 2 atom stereocenters. The highest BCUT2D eigenvalue weighted by Gasteiger charge is 2.38. The van der Waals surface area contributed by atoms with Gasteiger partial charge in [0.15, 0.2) is 0 Å². The number of rotatable bonds is 6. The molecule has 2 N–H and O–H groups in total. The Hall–Kier alpha value is -1.13. The van der Waals surface area contributed by atoms with Crippen LogP contribution in [-0.2, 0) is 6.54 Å². The molecule has 0 amide bonds. The molecule has 0 radical (unpaired) electrons. The number of hydrogen-bond acceptors (Lipinski definition) is 4. The van der Waals surface area contributed by atoms with Crippen LogP contribution in [0.2, 0.25) is 0 Å². The van der Waals surface area contributed by atoms with Gasteiger partial charge in [-0.2, -0.15) is 0 Å². The van der Waals surface area contributed by atoms with Gasteiger partial charge in [-0.15, -0.1) is 0 Å².